The van der Waals surface area contributed by atoms with E-state index in [1.807, 2.05) is 0 Å². The Labute approximate surface area is 148 Å². The second-order valence-electron chi connectivity index (χ2n) is 5.20. The fourth-order valence-electron chi connectivity index (χ4n) is 2.25. The van der Waals surface area contributed by atoms with Crippen LogP contribution in [0.1, 0.15) is 16.2 Å². The lowest BCUT2D eigenvalue weighted by atomic mass is 10.2. The molecule has 0 atom stereocenters. The van der Waals surface area contributed by atoms with Gasteiger partial charge in [0.2, 0.25) is 5.82 Å². The molecule has 0 unspecified atom stereocenters. The average molecular weight is 356 g/mol. The molecule has 0 aliphatic rings. The van der Waals surface area contributed by atoms with Gasteiger partial charge in [-0.15, -0.1) is 0 Å². The Hall–Kier alpha value is -3.55. The maximum atomic E-state index is 12.0. The maximum absolute atomic E-state index is 12.0. The Kier molecular flexibility index (Phi) is 5.02. The monoisotopic (exact) mass is 356 g/mol. The number of hydrogen-bond acceptors (Lipinski definition) is 8. The van der Waals surface area contributed by atoms with Crippen LogP contribution in [0, 0.1) is 0 Å². The number of nitrogens with zero attached hydrogens (tertiary/aromatic N) is 2. The van der Waals surface area contributed by atoms with Crippen LogP contribution >= 0.6 is 0 Å². The van der Waals surface area contributed by atoms with Crippen LogP contribution < -0.4 is 9.47 Å². The third-order valence-corrected chi connectivity index (χ3v) is 3.53. The minimum atomic E-state index is -0.609. The van der Waals surface area contributed by atoms with E-state index in [1.165, 1.54) is 25.3 Å². The number of carbonyl (C=O) groups is 1. The van der Waals surface area contributed by atoms with Gasteiger partial charge in [-0.25, -0.2) is 4.79 Å². The lowest BCUT2D eigenvalue weighted by Gasteiger charge is -2.07. The van der Waals surface area contributed by atoms with Gasteiger partial charge in [-0.3, -0.25) is 0 Å². The number of aromatic nitrogens is 2. The molecule has 134 valence electrons. The highest BCUT2D eigenvalue weighted by atomic mass is 16.6. The first kappa shape index (κ1) is 17.3. The lowest BCUT2D eigenvalue weighted by Crippen LogP contribution is -2.05. The highest BCUT2D eigenvalue weighted by Crippen LogP contribution is 2.31. The second kappa shape index (κ2) is 7.56. The first-order chi connectivity index (χ1) is 12.6. The molecule has 8 nitrogen and oxygen atoms in total. The number of hydrogen-bond donors (Lipinski definition) is 1. The molecular weight excluding hydrogens is 340 g/mol. The number of rotatable bonds is 6. The summed E-state index contributed by atoms with van der Waals surface area (Å²) in [6.07, 6.45) is 0. The molecule has 0 saturated carbocycles. The van der Waals surface area contributed by atoms with E-state index in [2.05, 4.69) is 10.1 Å². The third-order valence-electron chi connectivity index (χ3n) is 3.53. The van der Waals surface area contributed by atoms with Crippen LogP contribution in [-0.2, 0) is 11.3 Å². The zero-order chi connectivity index (χ0) is 18.5. The van der Waals surface area contributed by atoms with Crippen molar-refractivity contribution in [3.8, 4) is 28.6 Å². The summed E-state index contributed by atoms with van der Waals surface area (Å²) >= 11 is 0. The summed E-state index contributed by atoms with van der Waals surface area (Å²) < 4.78 is 20.7. The number of aromatic hydroxyl groups is 1. The van der Waals surface area contributed by atoms with E-state index in [4.69, 9.17) is 18.7 Å². The lowest BCUT2D eigenvalue weighted by molar-refractivity contribution is 0.0429. The van der Waals surface area contributed by atoms with E-state index in [0.717, 1.165) is 0 Å². The molecule has 2 aromatic carbocycles. The molecule has 3 rings (SSSR count). The van der Waals surface area contributed by atoms with Gasteiger partial charge in [0.1, 0.15) is 17.2 Å². The van der Waals surface area contributed by atoms with E-state index in [1.54, 1.807) is 31.4 Å². The van der Waals surface area contributed by atoms with E-state index in [-0.39, 0.29) is 23.8 Å². The molecular formula is C18H16N2O6. The zero-order valence-corrected chi connectivity index (χ0v) is 14.1. The van der Waals surface area contributed by atoms with Gasteiger partial charge in [0.05, 0.1) is 25.3 Å². The van der Waals surface area contributed by atoms with Crippen molar-refractivity contribution in [3.63, 3.8) is 0 Å². The molecule has 1 N–H and O–H groups in total. The van der Waals surface area contributed by atoms with E-state index in [0.29, 0.717) is 22.9 Å². The molecule has 1 heterocycles. The fourth-order valence-corrected chi connectivity index (χ4v) is 2.25. The third kappa shape index (κ3) is 3.75. The average Bonchev–Trinajstić information content (AvgIpc) is 3.14. The molecule has 0 bridgehead atoms. The summed E-state index contributed by atoms with van der Waals surface area (Å²) in [4.78, 5) is 16.2. The molecule has 0 aliphatic carbocycles. The van der Waals surface area contributed by atoms with Crippen LogP contribution in [0.15, 0.2) is 47.0 Å². The van der Waals surface area contributed by atoms with Crippen molar-refractivity contribution in [2.24, 2.45) is 0 Å². The zero-order valence-electron chi connectivity index (χ0n) is 14.1. The van der Waals surface area contributed by atoms with Gasteiger partial charge in [-0.1, -0.05) is 11.2 Å². The normalized spacial score (nSPS) is 10.4. The van der Waals surface area contributed by atoms with Crippen molar-refractivity contribution < 1.29 is 28.6 Å². The van der Waals surface area contributed by atoms with Crippen LogP contribution in [0.3, 0.4) is 0 Å². The van der Waals surface area contributed by atoms with Gasteiger partial charge in [0.25, 0.3) is 5.89 Å². The van der Waals surface area contributed by atoms with Crippen molar-refractivity contribution in [2.75, 3.05) is 14.2 Å². The number of benzene rings is 2. The van der Waals surface area contributed by atoms with Gasteiger partial charge >= 0.3 is 5.97 Å². The van der Waals surface area contributed by atoms with Crippen LogP contribution in [0.5, 0.6) is 17.2 Å². The van der Waals surface area contributed by atoms with Crippen LogP contribution in [0.2, 0.25) is 0 Å². The molecule has 1 aromatic heterocycles. The van der Waals surface area contributed by atoms with Crippen molar-refractivity contribution in [1.82, 2.24) is 10.1 Å². The Morgan fingerprint density at radius 1 is 1.15 bits per heavy atom. The SMILES string of the molecule is COc1ccc(-c2noc(COC(=O)c3cccc(O)c3)n2)c(OC)c1. The van der Waals surface area contributed by atoms with Gasteiger partial charge in [-0.05, 0) is 30.3 Å². The number of methoxy groups -OCH3 is 2. The minimum Gasteiger partial charge on any atom is -0.508 e. The Bertz CT molecular complexity index is 922. The first-order valence-electron chi connectivity index (χ1n) is 7.62. The van der Waals surface area contributed by atoms with Crippen LogP contribution in [0.25, 0.3) is 11.4 Å². The predicted octanol–water partition coefficient (Wildman–Crippen LogP) is 2.82. The summed E-state index contributed by atoms with van der Waals surface area (Å²) in [5.41, 5.74) is 0.837. The Morgan fingerprint density at radius 2 is 2.00 bits per heavy atom. The summed E-state index contributed by atoms with van der Waals surface area (Å²) in [5, 5.41) is 13.3. The quantitative estimate of drug-likeness (QED) is 0.672. The number of ether oxygens (including phenoxy) is 3. The van der Waals surface area contributed by atoms with Gasteiger partial charge in [-0.2, -0.15) is 4.98 Å². The summed E-state index contributed by atoms with van der Waals surface area (Å²) in [7, 11) is 3.08. The summed E-state index contributed by atoms with van der Waals surface area (Å²) in [6, 6.07) is 11.0. The molecule has 0 radical (unpaired) electrons. The number of esters is 1. The maximum Gasteiger partial charge on any atom is 0.338 e. The molecule has 0 saturated heterocycles. The molecule has 0 spiro atoms. The molecule has 0 aliphatic heterocycles. The predicted molar refractivity (Wildman–Crippen MR) is 90.1 cm³/mol. The van der Waals surface area contributed by atoms with E-state index in [9.17, 15) is 9.90 Å². The van der Waals surface area contributed by atoms with Gasteiger partial charge in [0, 0.05) is 6.07 Å². The van der Waals surface area contributed by atoms with Crippen molar-refractivity contribution in [2.45, 2.75) is 6.61 Å². The summed E-state index contributed by atoms with van der Waals surface area (Å²) in [6.45, 7) is -0.194. The Morgan fingerprint density at radius 3 is 2.73 bits per heavy atom. The van der Waals surface area contributed by atoms with Crippen molar-refractivity contribution in [3.05, 3.63) is 53.9 Å². The van der Waals surface area contributed by atoms with Crippen molar-refractivity contribution >= 4 is 5.97 Å². The van der Waals surface area contributed by atoms with E-state index < -0.39 is 5.97 Å². The first-order valence-corrected chi connectivity index (χ1v) is 7.62. The molecule has 0 fully saturated rings. The second-order valence-corrected chi connectivity index (χ2v) is 5.20. The molecule has 8 heteroatoms. The highest BCUT2D eigenvalue weighted by Gasteiger charge is 2.16. The standard InChI is InChI=1S/C18H16N2O6/c1-23-13-6-7-14(15(9-13)24-2)17-19-16(26-20-17)10-25-18(22)11-4-3-5-12(21)8-11/h3-9,21H,10H2,1-2H3. The van der Waals surface area contributed by atoms with Crippen molar-refractivity contribution in [1.29, 1.82) is 0 Å². The fraction of sp³-hybridized carbons (Fsp3) is 0.167. The summed E-state index contributed by atoms with van der Waals surface area (Å²) in [5.74, 6) is 0.955. The topological polar surface area (TPSA) is 104 Å². The van der Waals surface area contributed by atoms with Gasteiger partial charge < -0.3 is 23.8 Å². The Balaban J connectivity index is 1.71. The van der Waals surface area contributed by atoms with E-state index >= 15 is 0 Å². The molecule has 3 aromatic rings. The molecule has 26 heavy (non-hydrogen) atoms. The number of phenolic OH excluding ortho intramolecular Hbond substituents is 1. The highest BCUT2D eigenvalue weighted by molar-refractivity contribution is 5.89. The minimum absolute atomic E-state index is 0.0221. The van der Waals surface area contributed by atoms with Gasteiger partial charge in [0.15, 0.2) is 6.61 Å². The largest absolute Gasteiger partial charge is 0.508 e. The van der Waals surface area contributed by atoms with Crippen LogP contribution in [0.4, 0.5) is 0 Å². The smallest absolute Gasteiger partial charge is 0.338 e. The molecule has 0 amide bonds. The van der Waals surface area contributed by atoms with Crippen LogP contribution in [-0.4, -0.2) is 35.4 Å². The number of phenols is 1. The number of carbonyl (C=O) groups excluding carboxylic acids is 1.